The first-order valence-corrected chi connectivity index (χ1v) is 10.3. The molecule has 1 aliphatic heterocycles. The zero-order valence-corrected chi connectivity index (χ0v) is 21.2. The summed E-state index contributed by atoms with van der Waals surface area (Å²) in [6.07, 6.45) is 0. The number of nitrogens with zero attached hydrogens (tertiary/aromatic N) is 4. The molecule has 1 aliphatic rings. The minimum absolute atomic E-state index is 0. The number of methoxy groups -OCH3 is 1. The number of hydrogen-bond donors (Lipinski definition) is 2. The Labute approximate surface area is 192 Å². The zero-order chi connectivity index (χ0) is 20.5. The summed E-state index contributed by atoms with van der Waals surface area (Å²) in [6.45, 7) is 15.3. The predicted octanol–water partition coefficient (Wildman–Crippen LogP) is 1.79. The normalized spacial score (nSPS) is 16.6. The van der Waals surface area contributed by atoms with Gasteiger partial charge in [-0.3, -0.25) is 14.6 Å². The minimum atomic E-state index is 0. The van der Waals surface area contributed by atoms with E-state index in [-0.39, 0.29) is 24.0 Å². The highest BCUT2D eigenvalue weighted by atomic mass is 127. The van der Waals surface area contributed by atoms with Crippen molar-refractivity contribution in [3.8, 4) is 0 Å². The number of rotatable bonds is 9. The summed E-state index contributed by atoms with van der Waals surface area (Å²) in [7, 11) is 3.53. The molecule has 168 valence electrons. The third-order valence-electron chi connectivity index (χ3n) is 5.46. The van der Waals surface area contributed by atoms with Gasteiger partial charge in [-0.2, -0.15) is 5.10 Å². The minimum Gasteiger partial charge on any atom is -0.383 e. The first kappa shape index (κ1) is 26.1. The largest absolute Gasteiger partial charge is 0.383 e. The van der Waals surface area contributed by atoms with Gasteiger partial charge in [0.2, 0.25) is 0 Å². The van der Waals surface area contributed by atoms with Gasteiger partial charge in [0, 0.05) is 57.6 Å². The number of hydrogen-bond acceptors (Lipinski definition) is 5. The lowest BCUT2D eigenvalue weighted by atomic mass is 10.0. The second kappa shape index (κ2) is 13.4. The molecule has 2 rings (SSSR count). The van der Waals surface area contributed by atoms with E-state index in [0.29, 0.717) is 25.1 Å². The van der Waals surface area contributed by atoms with E-state index in [1.165, 1.54) is 11.3 Å². The van der Waals surface area contributed by atoms with Crippen molar-refractivity contribution in [1.29, 1.82) is 0 Å². The van der Waals surface area contributed by atoms with Gasteiger partial charge in [0.25, 0.3) is 0 Å². The Balaban J connectivity index is 0.00000420. The van der Waals surface area contributed by atoms with Crippen molar-refractivity contribution in [2.24, 2.45) is 10.9 Å². The van der Waals surface area contributed by atoms with E-state index >= 15 is 0 Å². The van der Waals surface area contributed by atoms with Crippen molar-refractivity contribution in [3.05, 3.63) is 17.0 Å². The molecular weight excluding hydrogens is 483 g/mol. The highest BCUT2D eigenvalue weighted by Crippen LogP contribution is 2.14. The maximum Gasteiger partial charge on any atom is 0.191 e. The van der Waals surface area contributed by atoms with Gasteiger partial charge < -0.3 is 20.1 Å². The van der Waals surface area contributed by atoms with Gasteiger partial charge in [-0.1, -0.05) is 13.8 Å². The average molecular weight is 522 g/mol. The summed E-state index contributed by atoms with van der Waals surface area (Å²) in [5.74, 6) is 1.38. The molecule has 0 amide bonds. The number of aromatic nitrogens is 2. The van der Waals surface area contributed by atoms with Gasteiger partial charge in [-0.15, -0.1) is 24.0 Å². The molecule has 0 radical (unpaired) electrons. The van der Waals surface area contributed by atoms with E-state index in [1.54, 1.807) is 7.11 Å². The second-order valence-corrected chi connectivity index (χ2v) is 7.63. The maximum atomic E-state index is 5.50. The van der Waals surface area contributed by atoms with Crippen molar-refractivity contribution in [2.75, 3.05) is 53.6 Å². The topological polar surface area (TPSA) is 75.9 Å². The van der Waals surface area contributed by atoms with Gasteiger partial charge in [-0.25, -0.2) is 0 Å². The molecule has 1 unspecified atom stereocenters. The summed E-state index contributed by atoms with van der Waals surface area (Å²) >= 11 is 0. The molecular formula is C20H39IN6O2. The Hall–Kier alpha value is -0.910. The van der Waals surface area contributed by atoms with Gasteiger partial charge >= 0.3 is 0 Å². The molecule has 2 heterocycles. The van der Waals surface area contributed by atoms with E-state index in [0.717, 1.165) is 51.0 Å². The molecule has 1 atom stereocenters. The molecule has 0 bridgehead atoms. The van der Waals surface area contributed by atoms with E-state index in [9.17, 15) is 0 Å². The fourth-order valence-electron chi connectivity index (χ4n) is 3.67. The van der Waals surface area contributed by atoms with Crippen LogP contribution in [-0.4, -0.2) is 80.3 Å². The molecule has 29 heavy (non-hydrogen) atoms. The first-order valence-electron chi connectivity index (χ1n) is 10.3. The van der Waals surface area contributed by atoms with Crippen LogP contribution in [-0.2, 0) is 22.6 Å². The molecule has 0 aromatic carbocycles. The van der Waals surface area contributed by atoms with Crippen LogP contribution in [0.3, 0.4) is 0 Å². The molecule has 2 N–H and O–H groups in total. The lowest BCUT2D eigenvalue weighted by Crippen LogP contribution is -2.52. The van der Waals surface area contributed by atoms with Crippen molar-refractivity contribution >= 4 is 29.9 Å². The predicted molar refractivity (Wildman–Crippen MR) is 128 cm³/mol. The molecule has 1 aromatic heterocycles. The van der Waals surface area contributed by atoms with Gasteiger partial charge in [-0.05, 0) is 19.8 Å². The van der Waals surface area contributed by atoms with Crippen molar-refractivity contribution in [3.63, 3.8) is 0 Å². The summed E-state index contributed by atoms with van der Waals surface area (Å²) < 4.78 is 12.7. The third kappa shape index (κ3) is 7.69. The Morgan fingerprint density at radius 2 is 1.93 bits per heavy atom. The quantitative estimate of drug-likeness (QED) is 0.293. The number of aryl methyl sites for hydroxylation is 1. The smallest absolute Gasteiger partial charge is 0.191 e. The molecule has 0 aliphatic carbocycles. The molecule has 0 spiro atoms. The second-order valence-electron chi connectivity index (χ2n) is 7.63. The summed E-state index contributed by atoms with van der Waals surface area (Å²) in [5.41, 5.74) is 3.43. The summed E-state index contributed by atoms with van der Waals surface area (Å²) in [5, 5.41) is 11.6. The first-order chi connectivity index (χ1) is 13.5. The van der Waals surface area contributed by atoms with Crippen LogP contribution in [0.5, 0.6) is 0 Å². The van der Waals surface area contributed by atoms with Gasteiger partial charge in [0.1, 0.15) is 0 Å². The summed E-state index contributed by atoms with van der Waals surface area (Å²) in [4.78, 5) is 6.92. The molecule has 8 nitrogen and oxygen atoms in total. The Kier molecular flexibility index (Phi) is 12.1. The molecule has 1 fully saturated rings. The molecule has 9 heteroatoms. The van der Waals surface area contributed by atoms with Crippen LogP contribution >= 0.6 is 24.0 Å². The Morgan fingerprint density at radius 3 is 2.52 bits per heavy atom. The van der Waals surface area contributed by atoms with Crippen LogP contribution in [0.4, 0.5) is 0 Å². The van der Waals surface area contributed by atoms with E-state index < -0.39 is 0 Å². The monoisotopic (exact) mass is 522 g/mol. The fourth-order valence-corrected chi connectivity index (χ4v) is 3.67. The number of morpholine rings is 1. The third-order valence-corrected chi connectivity index (χ3v) is 5.46. The van der Waals surface area contributed by atoms with Crippen LogP contribution in [0.15, 0.2) is 4.99 Å². The number of nitrogens with one attached hydrogen (secondary N) is 2. The lowest BCUT2D eigenvalue weighted by molar-refractivity contribution is 0.00752. The summed E-state index contributed by atoms with van der Waals surface area (Å²) in [6, 6.07) is 0.461. The highest BCUT2D eigenvalue weighted by molar-refractivity contribution is 14.0. The standard InChI is InChI=1S/C20H38N6O2.HI/c1-15(2)19(25-7-11-28-12-8-25)14-23-20(21-5)22-13-18-16(3)24-26(17(18)4)9-10-27-6;/h15,19H,7-14H2,1-6H3,(H2,21,22,23);1H. The van der Waals surface area contributed by atoms with E-state index in [4.69, 9.17) is 9.47 Å². The van der Waals surface area contributed by atoms with Gasteiger partial charge in [0.05, 0.1) is 32.1 Å². The van der Waals surface area contributed by atoms with Crippen molar-refractivity contribution in [1.82, 2.24) is 25.3 Å². The SMILES string of the molecule is CN=C(NCc1c(C)nn(CCOC)c1C)NCC(C(C)C)N1CCOCC1.I. The molecule has 0 saturated carbocycles. The van der Waals surface area contributed by atoms with E-state index in [2.05, 4.69) is 53.3 Å². The molecule has 1 aromatic rings. The van der Waals surface area contributed by atoms with Crippen LogP contribution in [0.2, 0.25) is 0 Å². The van der Waals surface area contributed by atoms with Crippen LogP contribution in [0, 0.1) is 19.8 Å². The van der Waals surface area contributed by atoms with Crippen molar-refractivity contribution in [2.45, 2.75) is 46.8 Å². The van der Waals surface area contributed by atoms with Gasteiger partial charge in [0.15, 0.2) is 5.96 Å². The van der Waals surface area contributed by atoms with Crippen LogP contribution in [0.25, 0.3) is 0 Å². The lowest BCUT2D eigenvalue weighted by Gasteiger charge is -2.37. The number of halogens is 1. The Morgan fingerprint density at radius 1 is 1.24 bits per heavy atom. The number of aliphatic imine (C=N–C) groups is 1. The fraction of sp³-hybridized carbons (Fsp3) is 0.800. The number of ether oxygens (including phenoxy) is 2. The van der Waals surface area contributed by atoms with Crippen molar-refractivity contribution < 1.29 is 9.47 Å². The van der Waals surface area contributed by atoms with Crippen LogP contribution < -0.4 is 10.6 Å². The zero-order valence-electron chi connectivity index (χ0n) is 18.8. The molecule has 1 saturated heterocycles. The highest BCUT2D eigenvalue weighted by Gasteiger charge is 2.24. The number of guanidine groups is 1. The average Bonchev–Trinajstić information content (AvgIpc) is 2.96. The maximum absolute atomic E-state index is 5.50. The van der Waals surface area contributed by atoms with E-state index in [1.807, 2.05) is 11.7 Å². The van der Waals surface area contributed by atoms with Crippen LogP contribution in [0.1, 0.15) is 30.8 Å². The Bertz CT molecular complexity index is 629.